The van der Waals surface area contributed by atoms with Gasteiger partial charge >= 0.3 is 11.9 Å². The Bertz CT molecular complexity index is 3180. The fourth-order valence-corrected chi connectivity index (χ4v) is 10.4. The van der Waals surface area contributed by atoms with E-state index in [9.17, 15) is 63.3 Å². The lowest BCUT2D eigenvalue weighted by atomic mass is 10.00. The highest BCUT2D eigenvalue weighted by molar-refractivity contribution is 5.99. The van der Waals surface area contributed by atoms with Crippen molar-refractivity contribution < 1.29 is 68.1 Å². The Labute approximate surface area is 538 Å². The maximum Gasteiger partial charge on any atom is 0.326 e. The number of rotatable bonds is 37. The molecule has 19 N–H and O–H groups in total. The number of carboxylic acids is 2. The van der Waals surface area contributed by atoms with Crippen LogP contribution in [0.3, 0.4) is 0 Å². The number of hydrogen-bond acceptors (Lipinski definition) is 16. The van der Waals surface area contributed by atoms with E-state index in [2.05, 4.69) is 67.5 Å². The number of hydrogen-bond donors (Lipinski definition) is 16. The summed E-state index contributed by atoms with van der Waals surface area (Å²) in [5, 5.41) is 50.8. The number of nitrogens with zero attached hydrogens (tertiary/aromatic N) is 4. The Morgan fingerprint density at radius 2 is 1.13 bits per heavy atom. The van der Waals surface area contributed by atoms with Crippen molar-refractivity contribution in [3.05, 3.63) is 102 Å². The fourth-order valence-electron chi connectivity index (χ4n) is 10.4. The van der Waals surface area contributed by atoms with Gasteiger partial charge in [0.1, 0.15) is 60.1 Å². The van der Waals surface area contributed by atoms with Gasteiger partial charge in [-0.3, -0.25) is 52.9 Å². The van der Waals surface area contributed by atoms with Crippen LogP contribution in [0.2, 0.25) is 0 Å². The zero-order valence-electron chi connectivity index (χ0n) is 53.1. The molecule has 0 unspecified atom stereocenters. The molecule has 9 amide bonds. The van der Waals surface area contributed by atoms with E-state index in [0.29, 0.717) is 35.4 Å². The molecular formula is C62H89N17O14. The Morgan fingerprint density at radius 3 is 1.68 bits per heavy atom. The predicted molar refractivity (Wildman–Crippen MR) is 338 cm³/mol. The largest absolute Gasteiger partial charge is 0.508 e. The van der Waals surface area contributed by atoms with Gasteiger partial charge in [-0.2, -0.15) is 0 Å². The highest BCUT2D eigenvalue weighted by Crippen LogP contribution is 2.22. The van der Waals surface area contributed by atoms with E-state index in [-0.39, 0.29) is 82.1 Å². The van der Waals surface area contributed by atoms with Gasteiger partial charge in [-0.1, -0.05) is 90.4 Å². The molecule has 1 saturated heterocycles. The summed E-state index contributed by atoms with van der Waals surface area (Å²) in [6, 6.07) is 0.810. The second-order valence-corrected chi connectivity index (χ2v) is 23.9. The summed E-state index contributed by atoms with van der Waals surface area (Å²) in [5.41, 5.74) is 18.7. The van der Waals surface area contributed by atoms with Gasteiger partial charge < -0.3 is 89.9 Å². The second kappa shape index (κ2) is 36.2. The van der Waals surface area contributed by atoms with Crippen LogP contribution >= 0.6 is 0 Å². The van der Waals surface area contributed by atoms with Gasteiger partial charge in [0.05, 0.1) is 25.1 Å². The smallest absolute Gasteiger partial charge is 0.326 e. The van der Waals surface area contributed by atoms with Crippen molar-refractivity contribution in [3.63, 3.8) is 0 Å². The summed E-state index contributed by atoms with van der Waals surface area (Å²) in [6.07, 6.45) is 5.26. The number of aliphatic carboxylic acids is 2. The summed E-state index contributed by atoms with van der Waals surface area (Å²) in [7, 11) is 0. The molecule has 1 aliphatic heterocycles. The highest BCUT2D eigenvalue weighted by Gasteiger charge is 2.42. The first-order chi connectivity index (χ1) is 44.1. The van der Waals surface area contributed by atoms with Crippen molar-refractivity contribution in [1.82, 2.24) is 67.4 Å². The average Bonchev–Trinajstić information content (AvgIpc) is 1.83. The summed E-state index contributed by atoms with van der Waals surface area (Å²) >= 11 is 0. The minimum absolute atomic E-state index is 0.0425. The first-order valence-electron chi connectivity index (χ1n) is 30.9. The predicted octanol–water partition coefficient (Wildman–Crippen LogP) is -1.33. The van der Waals surface area contributed by atoms with Gasteiger partial charge in [0.25, 0.3) is 0 Å². The minimum Gasteiger partial charge on any atom is -0.508 e. The Kier molecular flexibility index (Phi) is 28.7. The monoisotopic (exact) mass is 1300 g/mol. The lowest BCUT2D eigenvalue weighted by molar-refractivity contribution is -0.143. The number of aromatic amines is 2. The first kappa shape index (κ1) is 73.8. The standard InChI is InChI=1S/C62H89N17O14/c1-7-35(6)51(78-56(87)44(25-37-17-19-40(80)20-18-37)74-58(89)50(34(4)5)77-53(84)42(15-11-21-68-62(64)65)71-52(83)41(63)28-49(81)82)59(90)75-46(27-39-30-67-32-70-39)60(91)79-22-12-16-48(79)57(88)73-43(24-36-13-9-8-10-14-36)54(85)72-45(26-38-29-66-31-69-38)55(86)76-47(61(92)93)23-33(2)3/h8-10,13-14,17-20,29-35,41-48,50-51,80H,7,11-12,15-16,21-28,63H2,1-6H3,(H,66,69)(H,67,70)(H,71,83)(H,72,85)(H,73,88)(H,74,89)(H,75,90)(H,76,86)(H,77,84)(H,78,87)(H,81,82)(H,92,93)(H4,64,65,68)/t35-,41-,42-,43-,44-,45-,46-,47-,48-,50-,51-/m0/s1/i1+1,6+1,7+1,35+1,59+1,78+1. The lowest BCUT2D eigenvalue weighted by Gasteiger charge is -2.32. The molecule has 93 heavy (non-hydrogen) atoms. The SMILES string of the molecule is CC(C)C[C@H](NC(=O)[C@H](Cc1cnc[nH]1)NC(=O)[C@H](Cc1ccccc1)NC(=O)[C@@H]1CCCN1C(=O)[C@H](Cc1cnc[nH]1)N[13C](=O)[C@@H]([15NH]C(=O)[C@H](Cc1ccc(O)cc1)NC(=O)[C@@H](NC(=O)[C@H](CCCN=C(N)N)NC(=O)[C@@H](N)CC(=O)O)C(C)C)[13C@@H]([13CH3])[13CH2][13CH3])C(=O)O. The molecule has 0 bridgehead atoms. The van der Waals surface area contributed by atoms with Crippen LogP contribution in [0.25, 0.3) is 0 Å². The number of carbonyl (C=O) groups excluding carboxylic acids is 9. The number of aromatic hydroxyl groups is 1. The molecule has 31 nitrogen and oxygen atoms in total. The zero-order chi connectivity index (χ0) is 68.5. The summed E-state index contributed by atoms with van der Waals surface area (Å²) in [6.45, 7) is 10.4. The van der Waals surface area contributed by atoms with E-state index in [4.69, 9.17) is 17.2 Å². The normalized spacial score (nSPS) is 16.1. The van der Waals surface area contributed by atoms with Gasteiger partial charge in [0.2, 0.25) is 53.2 Å². The van der Waals surface area contributed by atoms with Crippen LogP contribution in [0.15, 0.2) is 84.6 Å². The Hall–Kier alpha value is -9.94. The zero-order valence-corrected chi connectivity index (χ0v) is 53.1. The number of carboxylic acid groups (broad SMARTS) is 2. The van der Waals surface area contributed by atoms with Crippen molar-refractivity contribution in [1.29, 1.82) is 0 Å². The number of aliphatic imine (C=N–C) groups is 1. The quantitative estimate of drug-likeness (QED) is 0.00817. The number of nitrogens with one attached hydrogen (secondary N) is 10. The van der Waals surface area contributed by atoms with E-state index in [0.717, 1.165) is 0 Å². The molecule has 31 heteroatoms. The van der Waals surface area contributed by atoms with Crippen LogP contribution in [0.5, 0.6) is 5.75 Å². The third-order valence-corrected chi connectivity index (χ3v) is 15.6. The minimum atomic E-state index is -1.53. The van der Waals surface area contributed by atoms with Crippen LogP contribution < -0.4 is 59.7 Å². The molecule has 3 heterocycles. The van der Waals surface area contributed by atoms with Gasteiger partial charge in [-0.05, 0) is 73.1 Å². The molecule has 4 aromatic rings. The first-order valence-corrected chi connectivity index (χ1v) is 30.9. The van der Waals surface area contributed by atoms with Crippen molar-refractivity contribution in [3.8, 4) is 5.75 Å². The number of H-pyrrole nitrogens is 2. The van der Waals surface area contributed by atoms with Gasteiger partial charge in [0, 0.05) is 62.6 Å². The molecule has 2 aromatic heterocycles. The second-order valence-electron chi connectivity index (χ2n) is 23.9. The van der Waals surface area contributed by atoms with Crippen molar-refractivity contribution in [2.24, 2.45) is 39.9 Å². The number of carbonyl (C=O) groups is 11. The van der Waals surface area contributed by atoms with E-state index < -0.39 is 144 Å². The van der Waals surface area contributed by atoms with Crippen LogP contribution in [0.4, 0.5) is 0 Å². The Morgan fingerprint density at radius 1 is 0.624 bits per heavy atom. The Balaban J connectivity index is 1.40. The molecule has 0 saturated carbocycles. The molecule has 1 fully saturated rings. The molecular weight excluding hydrogens is 1210 g/mol. The lowest BCUT2D eigenvalue weighted by Crippen LogP contribution is -2.62. The molecule has 11 atom stereocenters. The summed E-state index contributed by atoms with van der Waals surface area (Å²) in [4.78, 5) is 172. The van der Waals surface area contributed by atoms with E-state index in [1.807, 2.05) is 0 Å². The van der Waals surface area contributed by atoms with Crippen LogP contribution in [0, 0.1) is 17.8 Å². The highest BCUT2D eigenvalue weighted by atomic mass is 16.4. The summed E-state index contributed by atoms with van der Waals surface area (Å²) in [5.74, 6) is -11.7. The number of aromatic nitrogens is 4. The number of amides is 9. The average molecular weight is 1300 g/mol. The van der Waals surface area contributed by atoms with Gasteiger partial charge in [0.15, 0.2) is 5.96 Å². The van der Waals surface area contributed by atoms with Crippen molar-refractivity contribution in [2.75, 3.05) is 13.1 Å². The maximum absolute atomic E-state index is 15.1. The molecule has 0 radical (unpaired) electrons. The third kappa shape index (κ3) is 23.7. The molecule has 0 aliphatic carbocycles. The van der Waals surface area contributed by atoms with Crippen LogP contribution in [0.1, 0.15) is 109 Å². The number of phenols is 1. The van der Waals surface area contributed by atoms with Crippen molar-refractivity contribution >= 4 is 71.1 Å². The van der Waals surface area contributed by atoms with Crippen LogP contribution in [-0.4, -0.2) is 185 Å². The molecule has 1 aliphatic rings. The topological polar surface area (TPSA) is 496 Å². The molecule has 2 aromatic carbocycles. The van der Waals surface area contributed by atoms with Gasteiger partial charge in [-0.15, -0.1) is 0 Å². The fraction of sp³-hybridized carbons (Fsp3) is 0.516. The van der Waals surface area contributed by atoms with E-state index >= 15 is 4.79 Å². The van der Waals surface area contributed by atoms with Gasteiger partial charge in [-0.25, -0.2) is 14.8 Å². The van der Waals surface area contributed by atoms with E-state index in [1.54, 1.807) is 71.9 Å². The van der Waals surface area contributed by atoms with E-state index in [1.165, 1.54) is 54.2 Å². The van der Waals surface area contributed by atoms with Crippen molar-refractivity contribution in [2.45, 2.75) is 173 Å². The summed E-state index contributed by atoms with van der Waals surface area (Å²) < 4.78 is 0. The van der Waals surface area contributed by atoms with Crippen LogP contribution in [-0.2, 0) is 78.4 Å². The maximum atomic E-state index is 15.1. The third-order valence-electron chi connectivity index (χ3n) is 15.6. The molecule has 5 rings (SSSR count). The molecule has 506 valence electrons. The molecule has 0 spiro atoms. The number of nitrogens with two attached hydrogens (primary N) is 3. The number of phenolic OH excluding ortho intramolecular Hbond substituents is 1. The number of imidazole rings is 2. The number of benzene rings is 2. The number of likely N-dealkylation sites (tertiary alicyclic amines) is 1. The number of guanidine groups is 1.